The van der Waals surface area contributed by atoms with Gasteiger partial charge in [0.2, 0.25) is 0 Å². The quantitative estimate of drug-likeness (QED) is 0.137. The molecule has 64 heavy (non-hydrogen) atoms. The molecule has 10 aromatic carbocycles. The second-order valence-corrected chi connectivity index (χ2v) is 16.1. The fourth-order valence-corrected chi connectivity index (χ4v) is 8.88. The number of para-hydroxylation sites is 2. The minimum atomic E-state index is 0.885. The van der Waals surface area contributed by atoms with Crippen molar-refractivity contribution in [3.8, 4) is 78.1 Å². The molecule has 0 amide bonds. The number of rotatable bonds is 10. The molecule has 2 heteroatoms. The first-order chi connectivity index (χ1) is 31.7. The van der Waals surface area contributed by atoms with Crippen LogP contribution in [0.1, 0.15) is 0 Å². The number of hydrogen-bond acceptors (Lipinski definition) is 2. The SMILES string of the molecule is c1ccc(-c2ccc(-c3ccccc3N(c3ccc(-c4ccccc4)cc3)c3ccc(-c4ccc(-c5cccc(-c6oc7ccccc7c6-c6ccccc6)c5)cc4)cc3)cc2)cc1. The van der Waals surface area contributed by atoms with Gasteiger partial charge in [-0.1, -0.05) is 218 Å². The minimum Gasteiger partial charge on any atom is -0.455 e. The van der Waals surface area contributed by atoms with Crippen molar-refractivity contribution in [1.29, 1.82) is 0 Å². The second-order valence-electron chi connectivity index (χ2n) is 16.1. The van der Waals surface area contributed by atoms with Crippen LogP contribution in [0.4, 0.5) is 17.1 Å². The summed E-state index contributed by atoms with van der Waals surface area (Å²) in [7, 11) is 0. The summed E-state index contributed by atoms with van der Waals surface area (Å²) in [5, 5.41) is 1.12. The van der Waals surface area contributed by atoms with Gasteiger partial charge in [-0.3, -0.25) is 0 Å². The van der Waals surface area contributed by atoms with Crippen molar-refractivity contribution in [3.05, 3.63) is 261 Å². The van der Waals surface area contributed by atoms with Crippen LogP contribution in [-0.2, 0) is 0 Å². The van der Waals surface area contributed by atoms with Gasteiger partial charge in [-0.2, -0.15) is 0 Å². The number of benzene rings is 10. The van der Waals surface area contributed by atoms with Gasteiger partial charge in [0, 0.05) is 33.5 Å². The van der Waals surface area contributed by atoms with Gasteiger partial charge < -0.3 is 9.32 Å². The summed E-state index contributed by atoms with van der Waals surface area (Å²) < 4.78 is 6.56. The third-order valence-electron chi connectivity index (χ3n) is 12.1. The highest BCUT2D eigenvalue weighted by molar-refractivity contribution is 6.02. The Bertz CT molecular complexity index is 3320. The van der Waals surface area contributed by atoms with Crippen molar-refractivity contribution in [2.75, 3.05) is 4.90 Å². The van der Waals surface area contributed by atoms with Gasteiger partial charge in [-0.05, 0) is 98.1 Å². The van der Waals surface area contributed by atoms with E-state index in [1.54, 1.807) is 0 Å². The Morgan fingerprint density at radius 2 is 0.656 bits per heavy atom. The van der Waals surface area contributed by atoms with Gasteiger partial charge in [-0.25, -0.2) is 0 Å². The highest BCUT2D eigenvalue weighted by atomic mass is 16.3. The van der Waals surface area contributed by atoms with Crippen molar-refractivity contribution < 1.29 is 4.42 Å². The Kier molecular flexibility index (Phi) is 10.3. The first kappa shape index (κ1) is 38.5. The molecule has 0 saturated heterocycles. The third kappa shape index (κ3) is 7.59. The van der Waals surface area contributed by atoms with Crippen molar-refractivity contribution in [2.45, 2.75) is 0 Å². The van der Waals surface area contributed by atoms with Crippen LogP contribution in [0.5, 0.6) is 0 Å². The van der Waals surface area contributed by atoms with Gasteiger partial charge >= 0.3 is 0 Å². The van der Waals surface area contributed by atoms with Crippen LogP contribution in [0.25, 0.3) is 89.1 Å². The fraction of sp³-hybridized carbons (Fsp3) is 0. The lowest BCUT2D eigenvalue weighted by atomic mass is 9.95. The van der Waals surface area contributed by atoms with Gasteiger partial charge in [0.05, 0.1) is 5.69 Å². The maximum atomic E-state index is 6.56. The Morgan fingerprint density at radius 3 is 1.22 bits per heavy atom. The molecule has 0 spiro atoms. The fourth-order valence-electron chi connectivity index (χ4n) is 8.88. The smallest absolute Gasteiger partial charge is 0.143 e. The Hall–Kier alpha value is -8.46. The monoisotopic (exact) mass is 817 g/mol. The summed E-state index contributed by atoms with van der Waals surface area (Å²) in [6.45, 7) is 0. The van der Waals surface area contributed by atoms with Gasteiger partial charge in [0.15, 0.2) is 0 Å². The van der Waals surface area contributed by atoms with E-state index in [-0.39, 0.29) is 0 Å². The van der Waals surface area contributed by atoms with Crippen LogP contribution < -0.4 is 4.90 Å². The van der Waals surface area contributed by atoms with Crippen molar-refractivity contribution >= 4 is 28.0 Å². The number of anilines is 3. The summed E-state index contributed by atoms with van der Waals surface area (Å²) in [5.41, 5.74) is 19.2. The molecule has 0 atom stereocenters. The lowest BCUT2D eigenvalue weighted by molar-refractivity contribution is 0.632. The average molecular weight is 818 g/mol. The lowest BCUT2D eigenvalue weighted by Gasteiger charge is -2.28. The van der Waals surface area contributed by atoms with Crippen LogP contribution in [0.2, 0.25) is 0 Å². The van der Waals surface area contributed by atoms with Gasteiger partial charge in [0.1, 0.15) is 11.3 Å². The molecule has 2 nitrogen and oxygen atoms in total. The van der Waals surface area contributed by atoms with E-state index in [0.717, 1.165) is 83.9 Å². The molecule has 1 aromatic heterocycles. The Balaban J connectivity index is 0.915. The zero-order valence-corrected chi connectivity index (χ0v) is 35.2. The minimum absolute atomic E-state index is 0.885. The molecule has 0 aliphatic heterocycles. The summed E-state index contributed by atoms with van der Waals surface area (Å²) in [4.78, 5) is 2.38. The normalized spacial score (nSPS) is 11.1. The third-order valence-corrected chi connectivity index (χ3v) is 12.1. The van der Waals surface area contributed by atoms with Gasteiger partial charge in [-0.15, -0.1) is 0 Å². The first-order valence-electron chi connectivity index (χ1n) is 21.8. The van der Waals surface area contributed by atoms with Crippen molar-refractivity contribution in [3.63, 3.8) is 0 Å². The predicted octanol–water partition coefficient (Wildman–Crippen LogP) is 17.6. The summed E-state index contributed by atoms with van der Waals surface area (Å²) in [6, 6.07) is 93.0. The number of nitrogens with zero attached hydrogens (tertiary/aromatic N) is 1. The second kappa shape index (κ2) is 17.1. The molecule has 0 bridgehead atoms. The molecule has 0 unspecified atom stereocenters. The summed E-state index contributed by atoms with van der Waals surface area (Å²) >= 11 is 0. The highest BCUT2D eigenvalue weighted by Gasteiger charge is 2.20. The Morgan fingerprint density at radius 1 is 0.266 bits per heavy atom. The van der Waals surface area contributed by atoms with E-state index in [0.29, 0.717) is 0 Å². The largest absolute Gasteiger partial charge is 0.455 e. The van der Waals surface area contributed by atoms with E-state index in [9.17, 15) is 0 Å². The highest BCUT2D eigenvalue weighted by Crippen LogP contribution is 2.44. The van der Waals surface area contributed by atoms with Crippen LogP contribution in [0.15, 0.2) is 265 Å². The molecule has 1 heterocycles. The molecule has 0 N–H and O–H groups in total. The molecule has 11 aromatic rings. The van der Waals surface area contributed by atoms with E-state index in [1.165, 1.54) is 22.3 Å². The van der Waals surface area contributed by atoms with E-state index in [2.05, 4.69) is 254 Å². The molecule has 0 radical (unpaired) electrons. The Labute approximate surface area is 374 Å². The molecule has 302 valence electrons. The molecule has 11 rings (SSSR count). The summed E-state index contributed by atoms with van der Waals surface area (Å²) in [5.74, 6) is 0.885. The molecular weight excluding hydrogens is 775 g/mol. The van der Waals surface area contributed by atoms with Crippen molar-refractivity contribution in [1.82, 2.24) is 0 Å². The molecular formula is C62H43NO. The lowest BCUT2D eigenvalue weighted by Crippen LogP contribution is -2.11. The van der Waals surface area contributed by atoms with E-state index in [1.807, 2.05) is 12.1 Å². The van der Waals surface area contributed by atoms with E-state index >= 15 is 0 Å². The standard InChI is InChI=1S/C62H43NO/c1-4-15-44(16-5-1)46-31-33-51(34-32-46)57-23-10-12-25-59(57)63(55-39-35-48(36-40-55)45-17-6-2-7-18-45)56-41-37-49(38-42-56)47-27-29-50(30-28-47)53-21-14-22-54(43-53)62-61(52-19-8-3-9-20-52)58-24-11-13-26-60(58)64-62/h1-43H. The van der Waals surface area contributed by atoms with Crippen molar-refractivity contribution in [2.24, 2.45) is 0 Å². The van der Waals surface area contributed by atoms with Gasteiger partial charge in [0.25, 0.3) is 0 Å². The summed E-state index contributed by atoms with van der Waals surface area (Å²) in [6.07, 6.45) is 0. The average Bonchev–Trinajstić information content (AvgIpc) is 3.78. The molecule has 0 fully saturated rings. The molecule has 0 aliphatic carbocycles. The maximum Gasteiger partial charge on any atom is 0.143 e. The zero-order valence-electron chi connectivity index (χ0n) is 35.2. The topological polar surface area (TPSA) is 16.4 Å². The number of fused-ring (bicyclic) bond motifs is 1. The predicted molar refractivity (Wildman–Crippen MR) is 269 cm³/mol. The molecule has 0 saturated carbocycles. The first-order valence-corrected chi connectivity index (χ1v) is 21.8. The van der Waals surface area contributed by atoms with Crippen LogP contribution in [-0.4, -0.2) is 0 Å². The van der Waals surface area contributed by atoms with Crippen LogP contribution in [0.3, 0.4) is 0 Å². The van der Waals surface area contributed by atoms with E-state index in [4.69, 9.17) is 4.42 Å². The van der Waals surface area contributed by atoms with Crippen LogP contribution >= 0.6 is 0 Å². The maximum absolute atomic E-state index is 6.56. The molecule has 0 aliphatic rings. The number of hydrogen-bond donors (Lipinski definition) is 0. The van der Waals surface area contributed by atoms with E-state index < -0.39 is 0 Å². The zero-order chi connectivity index (χ0) is 42.7. The number of furan rings is 1. The van der Waals surface area contributed by atoms with Crippen LogP contribution in [0, 0.1) is 0 Å².